The predicted molar refractivity (Wildman–Crippen MR) is 84.2 cm³/mol. The fourth-order valence-electron chi connectivity index (χ4n) is 2.58. The first-order valence-electron chi connectivity index (χ1n) is 7.24. The van der Waals surface area contributed by atoms with Crippen molar-refractivity contribution in [3.8, 4) is 0 Å². The van der Waals surface area contributed by atoms with Gasteiger partial charge in [0.25, 0.3) is 0 Å². The molecular formula is C15H27N3S. The molecule has 1 aliphatic rings. The maximum absolute atomic E-state index is 4.89. The number of hydrogen-bond donors (Lipinski definition) is 1. The van der Waals surface area contributed by atoms with Gasteiger partial charge in [0.05, 0.1) is 5.69 Å². The Kier molecular flexibility index (Phi) is 4.21. The molecule has 2 unspecified atom stereocenters. The molecule has 0 bridgehead atoms. The zero-order valence-electron chi connectivity index (χ0n) is 13.1. The van der Waals surface area contributed by atoms with Gasteiger partial charge < -0.3 is 10.2 Å². The van der Waals surface area contributed by atoms with Crippen LogP contribution in [0.1, 0.15) is 57.1 Å². The van der Waals surface area contributed by atoms with Gasteiger partial charge in [-0.05, 0) is 38.6 Å². The molecular weight excluding hydrogens is 254 g/mol. The van der Waals surface area contributed by atoms with E-state index >= 15 is 0 Å². The van der Waals surface area contributed by atoms with Gasteiger partial charge in [-0.2, -0.15) is 0 Å². The fraction of sp³-hybridized carbons (Fsp3) is 0.800. The summed E-state index contributed by atoms with van der Waals surface area (Å²) >= 11 is 1.87. The molecule has 0 fully saturated rings. The second-order valence-electron chi connectivity index (χ2n) is 6.69. The molecule has 0 amide bonds. The maximum atomic E-state index is 4.89. The van der Waals surface area contributed by atoms with Gasteiger partial charge in [0.1, 0.15) is 0 Å². The van der Waals surface area contributed by atoms with Crippen LogP contribution < -0.4 is 10.2 Å². The molecule has 0 aliphatic heterocycles. The fourth-order valence-corrected chi connectivity index (χ4v) is 3.88. The second kappa shape index (κ2) is 5.41. The number of hydrogen-bond acceptors (Lipinski definition) is 4. The van der Waals surface area contributed by atoms with Gasteiger partial charge in [0, 0.05) is 24.0 Å². The molecule has 1 aromatic heterocycles. The maximum Gasteiger partial charge on any atom is 0.185 e. The van der Waals surface area contributed by atoms with Crippen LogP contribution >= 0.6 is 11.3 Å². The van der Waals surface area contributed by atoms with Gasteiger partial charge in [0.2, 0.25) is 0 Å². The first-order chi connectivity index (χ1) is 8.84. The minimum atomic E-state index is 0.267. The van der Waals surface area contributed by atoms with E-state index in [-0.39, 0.29) is 5.41 Å². The molecule has 3 nitrogen and oxygen atoms in total. The second-order valence-corrected chi connectivity index (χ2v) is 7.70. The van der Waals surface area contributed by atoms with E-state index in [1.807, 2.05) is 11.3 Å². The van der Waals surface area contributed by atoms with Gasteiger partial charge in [-0.25, -0.2) is 4.98 Å². The van der Waals surface area contributed by atoms with Crippen LogP contribution in [0.25, 0.3) is 0 Å². The summed E-state index contributed by atoms with van der Waals surface area (Å²) in [5.41, 5.74) is 1.59. The first-order valence-corrected chi connectivity index (χ1v) is 8.06. The highest BCUT2D eigenvalue weighted by atomic mass is 32.1. The van der Waals surface area contributed by atoms with Crippen LogP contribution in [-0.2, 0) is 6.42 Å². The van der Waals surface area contributed by atoms with Crippen LogP contribution in [0.2, 0.25) is 0 Å². The van der Waals surface area contributed by atoms with Gasteiger partial charge in [-0.15, -0.1) is 0 Å². The first kappa shape index (κ1) is 14.8. The summed E-state index contributed by atoms with van der Waals surface area (Å²) in [5.74, 6) is 0. The van der Waals surface area contributed by atoms with E-state index in [0.717, 1.165) is 6.42 Å². The Balaban J connectivity index is 2.25. The number of aromatic nitrogens is 1. The summed E-state index contributed by atoms with van der Waals surface area (Å²) in [6, 6.07) is 0.987. The van der Waals surface area contributed by atoms with E-state index in [4.69, 9.17) is 4.98 Å². The summed E-state index contributed by atoms with van der Waals surface area (Å²) < 4.78 is 0. The van der Waals surface area contributed by atoms with Crippen molar-refractivity contribution in [3.05, 3.63) is 10.6 Å². The summed E-state index contributed by atoms with van der Waals surface area (Å²) in [4.78, 5) is 8.69. The minimum Gasteiger partial charge on any atom is -0.348 e. The quantitative estimate of drug-likeness (QED) is 0.917. The standard InChI is InChI=1S/C15H27N3S/c1-10(15(2,3)4)18(6)14-17-12-9-7-8-11(16-5)13(12)19-14/h10-11,16H,7-9H2,1-6H3. The lowest BCUT2D eigenvalue weighted by atomic mass is 9.87. The molecule has 4 heteroatoms. The van der Waals surface area contributed by atoms with Crippen LogP contribution in [-0.4, -0.2) is 25.1 Å². The summed E-state index contributed by atoms with van der Waals surface area (Å²) in [6.45, 7) is 9.16. The van der Waals surface area contributed by atoms with Crippen molar-refractivity contribution < 1.29 is 0 Å². The van der Waals surface area contributed by atoms with E-state index in [1.165, 1.54) is 28.5 Å². The van der Waals surface area contributed by atoms with Crippen LogP contribution in [0.4, 0.5) is 5.13 Å². The number of fused-ring (bicyclic) bond motifs is 1. The Morgan fingerprint density at radius 1 is 1.42 bits per heavy atom. The van der Waals surface area contributed by atoms with Crippen LogP contribution in [0.3, 0.4) is 0 Å². The van der Waals surface area contributed by atoms with E-state index in [2.05, 4.69) is 52.0 Å². The molecule has 1 aromatic rings. The van der Waals surface area contributed by atoms with Crippen molar-refractivity contribution in [1.29, 1.82) is 0 Å². The highest BCUT2D eigenvalue weighted by Gasteiger charge is 2.29. The molecule has 2 atom stereocenters. The molecule has 0 aromatic carbocycles. The van der Waals surface area contributed by atoms with E-state index in [9.17, 15) is 0 Å². The lowest BCUT2D eigenvalue weighted by Crippen LogP contribution is -2.39. The van der Waals surface area contributed by atoms with Gasteiger partial charge >= 0.3 is 0 Å². The van der Waals surface area contributed by atoms with Crippen molar-refractivity contribution in [2.45, 2.75) is 59.0 Å². The monoisotopic (exact) mass is 281 g/mol. The molecule has 1 heterocycles. The van der Waals surface area contributed by atoms with Gasteiger partial charge in [-0.3, -0.25) is 0 Å². The lowest BCUT2D eigenvalue weighted by molar-refractivity contribution is 0.329. The number of nitrogens with one attached hydrogen (secondary N) is 1. The Labute approximate surface area is 121 Å². The zero-order valence-corrected chi connectivity index (χ0v) is 13.9. The SMILES string of the molecule is CNC1CCCc2nc(N(C)C(C)C(C)(C)C)sc21. The number of anilines is 1. The summed E-state index contributed by atoms with van der Waals surface area (Å²) in [5, 5.41) is 4.60. The third-order valence-electron chi connectivity index (χ3n) is 4.42. The molecule has 19 heavy (non-hydrogen) atoms. The molecule has 0 radical (unpaired) electrons. The average Bonchev–Trinajstić information content (AvgIpc) is 2.79. The molecule has 2 rings (SSSR count). The van der Waals surface area contributed by atoms with E-state index < -0.39 is 0 Å². The van der Waals surface area contributed by atoms with Crippen LogP contribution in [0, 0.1) is 5.41 Å². The zero-order chi connectivity index (χ0) is 14.2. The predicted octanol–water partition coefficient (Wildman–Crippen LogP) is 3.61. The Bertz CT molecular complexity index is 433. The number of nitrogens with zero attached hydrogens (tertiary/aromatic N) is 2. The van der Waals surface area contributed by atoms with Crippen molar-refractivity contribution in [2.24, 2.45) is 5.41 Å². The highest BCUT2D eigenvalue weighted by molar-refractivity contribution is 7.15. The number of thiazole rings is 1. The number of aryl methyl sites for hydroxylation is 1. The van der Waals surface area contributed by atoms with Crippen molar-refractivity contribution >= 4 is 16.5 Å². The Morgan fingerprint density at radius 3 is 2.68 bits per heavy atom. The summed E-state index contributed by atoms with van der Waals surface area (Å²) in [7, 11) is 4.23. The molecule has 0 spiro atoms. The molecule has 108 valence electrons. The van der Waals surface area contributed by atoms with E-state index in [0.29, 0.717) is 12.1 Å². The topological polar surface area (TPSA) is 28.2 Å². The van der Waals surface area contributed by atoms with Crippen molar-refractivity contribution in [3.63, 3.8) is 0 Å². The minimum absolute atomic E-state index is 0.267. The highest BCUT2D eigenvalue weighted by Crippen LogP contribution is 2.38. The smallest absolute Gasteiger partial charge is 0.185 e. The van der Waals surface area contributed by atoms with Gasteiger partial charge in [0.15, 0.2) is 5.13 Å². The normalized spacial score (nSPS) is 21.1. The third kappa shape index (κ3) is 2.95. The lowest BCUT2D eigenvalue weighted by Gasteiger charge is -2.35. The Hall–Kier alpha value is -0.610. The average molecular weight is 281 g/mol. The molecule has 0 saturated heterocycles. The molecule has 1 N–H and O–H groups in total. The largest absolute Gasteiger partial charge is 0.348 e. The van der Waals surface area contributed by atoms with Crippen molar-refractivity contribution in [1.82, 2.24) is 10.3 Å². The molecule has 0 saturated carbocycles. The molecule has 1 aliphatic carbocycles. The van der Waals surface area contributed by atoms with Crippen LogP contribution in [0.15, 0.2) is 0 Å². The number of rotatable bonds is 3. The van der Waals surface area contributed by atoms with Crippen LogP contribution in [0.5, 0.6) is 0 Å². The van der Waals surface area contributed by atoms with E-state index in [1.54, 1.807) is 0 Å². The Morgan fingerprint density at radius 2 is 2.11 bits per heavy atom. The summed E-state index contributed by atoms with van der Waals surface area (Å²) in [6.07, 6.45) is 3.63. The van der Waals surface area contributed by atoms with Gasteiger partial charge in [-0.1, -0.05) is 32.1 Å². The van der Waals surface area contributed by atoms with Crippen molar-refractivity contribution in [2.75, 3.05) is 19.0 Å². The third-order valence-corrected chi connectivity index (χ3v) is 5.73.